The summed E-state index contributed by atoms with van der Waals surface area (Å²) in [6.45, 7) is 0.477. The van der Waals surface area contributed by atoms with E-state index in [1.54, 1.807) is 0 Å². The van der Waals surface area contributed by atoms with E-state index in [9.17, 15) is 9.90 Å². The number of hydrogen-bond acceptors (Lipinski definition) is 4. The Balaban J connectivity index is 2.58. The molecule has 1 atom stereocenters. The Kier molecular flexibility index (Phi) is 1.92. The molecule has 0 amide bonds. The van der Waals surface area contributed by atoms with Crippen molar-refractivity contribution in [2.45, 2.75) is 12.0 Å². The number of carbonyl (C=O) groups excluding carboxylic acids is 1. The van der Waals surface area contributed by atoms with Crippen molar-refractivity contribution in [2.24, 2.45) is 0 Å². The van der Waals surface area contributed by atoms with Crippen LogP contribution in [0.1, 0.15) is 6.42 Å². The number of aliphatic hydroxyl groups is 1. The molecule has 0 unspecified atom stereocenters. The number of hydrogen-bond donors (Lipinski definition) is 1. The van der Waals surface area contributed by atoms with Gasteiger partial charge in [0, 0.05) is 6.42 Å². The van der Waals surface area contributed by atoms with E-state index in [-0.39, 0.29) is 6.61 Å². The van der Waals surface area contributed by atoms with Gasteiger partial charge >= 0.3 is 5.97 Å². The van der Waals surface area contributed by atoms with Gasteiger partial charge in [-0.1, -0.05) is 0 Å². The van der Waals surface area contributed by atoms with Gasteiger partial charge in [0.1, 0.15) is 0 Å². The molecule has 4 nitrogen and oxygen atoms in total. The fourth-order valence-electron chi connectivity index (χ4n) is 0.905. The Morgan fingerprint density at radius 3 is 2.90 bits per heavy atom. The summed E-state index contributed by atoms with van der Waals surface area (Å²) in [5.74, 6) is -0.606. The van der Waals surface area contributed by atoms with Crippen LogP contribution in [0.5, 0.6) is 0 Å². The van der Waals surface area contributed by atoms with Crippen LogP contribution >= 0.6 is 0 Å². The van der Waals surface area contributed by atoms with Crippen molar-refractivity contribution >= 4 is 5.97 Å². The molecule has 1 rings (SSSR count). The largest absolute Gasteiger partial charge is 0.467 e. The minimum atomic E-state index is -1.38. The van der Waals surface area contributed by atoms with Gasteiger partial charge < -0.3 is 14.6 Å². The Morgan fingerprint density at radius 2 is 2.50 bits per heavy atom. The molecule has 0 bridgehead atoms. The molecule has 0 spiro atoms. The zero-order chi connectivity index (χ0) is 7.61. The van der Waals surface area contributed by atoms with E-state index in [2.05, 4.69) is 4.74 Å². The van der Waals surface area contributed by atoms with Gasteiger partial charge in [-0.25, -0.2) is 4.79 Å². The van der Waals surface area contributed by atoms with E-state index < -0.39 is 11.6 Å². The molecule has 0 aromatic carbocycles. The summed E-state index contributed by atoms with van der Waals surface area (Å²) in [5.41, 5.74) is -1.38. The first-order valence-electron chi connectivity index (χ1n) is 3.07. The van der Waals surface area contributed by atoms with Crippen molar-refractivity contribution < 1.29 is 19.4 Å². The predicted octanol–water partition coefficient (Wildman–Crippen LogP) is -0.689. The fraction of sp³-hybridized carbons (Fsp3) is 0.833. The maximum Gasteiger partial charge on any atom is 0.340 e. The van der Waals surface area contributed by atoms with Crippen molar-refractivity contribution in [3.63, 3.8) is 0 Å². The number of esters is 1. The monoisotopic (exact) mass is 146 g/mol. The minimum absolute atomic E-state index is 0.0552. The van der Waals surface area contributed by atoms with Gasteiger partial charge in [0.25, 0.3) is 0 Å². The number of carbonyl (C=O) groups is 1. The first-order valence-corrected chi connectivity index (χ1v) is 3.07. The Bertz CT molecular complexity index is 137. The minimum Gasteiger partial charge on any atom is -0.467 e. The van der Waals surface area contributed by atoms with Gasteiger partial charge in [-0.05, 0) is 0 Å². The van der Waals surface area contributed by atoms with E-state index in [0.29, 0.717) is 13.0 Å². The molecule has 1 N–H and O–H groups in total. The van der Waals surface area contributed by atoms with Crippen LogP contribution < -0.4 is 0 Å². The van der Waals surface area contributed by atoms with Crippen LogP contribution in [0.2, 0.25) is 0 Å². The second kappa shape index (κ2) is 2.56. The van der Waals surface area contributed by atoms with Gasteiger partial charge in [0.2, 0.25) is 0 Å². The summed E-state index contributed by atoms with van der Waals surface area (Å²) in [5, 5.41) is 9.36. The number of rotatable bonds is 1. The van der Waals surface area contributed by atoms with Crippen molar-refractivity contribution in [3.05, 3.63) is 0 Å². The van der Waals surface area contributed by atoms with Gasteiger partial charge in [-0.15, -0.1) is 0 Å². The van der Waals surface area contributed by atoms with E-state index in [1.807, 2.05) is 0 Å². The molecule has 1 fully saturated rings. The third-order valence-electron chi connectivity index (χ3n) is 1.57. The van der Waals surface area contributed by atoms with Crippen molar-refractivity contribution in [3.8, 4) is 0 Å². The highest BCUT2D eigenvalue weighted by atomic mass is 16.6. The molecule has 1 heterocycles. The van der Waals surface area contributed by atoms with Crippen LogP contribution in [0.15, 0.2) is 0 Å². The molecule has 58 valence electrons. The third-order valence-corrected chi connectivity index (χ3v) is 1.57. The summed E-state index contributed by atoms with van der Waals surface area (Å²) < 4.78 is 9.20. The summed E-state index contributed by atoms with van der Waals surface area (Å²) >= 11 is 0. The van der Waals surface area contributed by atoms with E-state index >= 15 is 0 Å². The molecule has 10 heavy (non-hydrogen) atoms. The molecule has 0 aromatic rings. The average Bonchev–Trinajstić information content (AvgIpc) is 2.36. The second-order valence-corrected chi connectivity index (χ2v) is 2.33. The molecule has 0 saturated carbocycles. The van der Waals surface area contributed by atoms with E-state index in [1.165, 1.54) is 7.11 Å². The third kappa shape index (κ3) is 1.12. The first kappa shape index (κ1) is 7.50. The van der Waals surface area contributed by atoms with Gasteiger partial charge in [-0.3, -0.25) is 0 Å². The van der Waals surface area contributed by atoms with Crippen molar-refractivity contribution in [1.29, 1.82) is 0 Å². The first-order chi connectivity index (χ1) is 4.69. The lowest BCUT2D eigenvalue weighted by Gasteiger charge is -2.15. The molecule has 0 aromatic heterocycles. The average molecular weight is 146 g/mol. The van der Waals surface area contributed by atoms with Crippen molar-refractivity contribution in [1.82, 2.24) is 0 Å². The second-order valence-electron chi connectivity index (χ2n) is 2.33. The standard InChI is InChI=1S/C6H10O4/c1-9-5(7)6(8)2-3-10-4-6/h8H,2-4H2,1H3/t6-/m1/s1. The lowest BCUT2D eigenvalue weighted by atomic mass is 10.1. The molecule has 1 aliphatic rings. The summed E-state index contributed by atoms with van der Waals surface area (Å²) in [7, 11) is 1.25. The summed E-state index contributed by atoms with van der Waals surface area (Å²) in [6.07, 6.45) is 0.333. The summed E-state index contributed by atoms with van der Waals surface area (Å²) in [4.78, 5) is 10.8. The maximum atomic E-state index is 10.8. The van der Waals surface area contributed by atoms with E-state index in [0.717, 1.165) is 0 Å². The number of ether oxygens (including phenoxy) is 2. The lowest BCUT2D eigenvalue weighted by molar-refractivity contribution is -0.161. The van der Waals surface area contributed by atoms with Crippen molar-refractivity contribution in [2.75, 3.05) is 20.3 Å². The molecular weight excluding hydrogens is 136 g/mol. The molecular formula is C6H10O4. The quantitative estimate of drug-likeness (QED) is 0.497. The Morgan fingerprint density at radius 1 is 1.80 bits per heavy atom. The maximum absolute atomic E-state index is 10.8. The zero-order valence-electron chi connectivity index (χ0n) is 5.79. The smallest absolute Gasteiger partial charge is 0.340 e. The Hall–Kier alpha value is -0.610. The highest BCUT2D eigenvalue weighted by molar-refractivity contribution is 5.79. The van der Waals surface area contributed by atoms with Crippen LogP contribution in [0.4, 0.5) is 0 Å². The highest BCUT2D eigenvalue weighted by Crippen LogP contribution is 2.19. The molecule has 1 saturated heterocycles. The summed E-state index contributed by atoms with van der Waals surface area (Å²) in [6, 6.07) is 0. The topological polar surface area (TPSA) is 55.8 Å². The molecule has 4 heteroatoms. The number of methoxy groups -OCH3 is 1. The predicted molar refractivity (Wildman–Crippen MR) is 32.4 cm³/mol. The van der Waals surface area contributed by atoms with Gasteiger partial charge in [-0.2, -0.15) is 0 Å². The lowest BCUT2D eigenvalue weighted by Crippen LogP contribution is -2.39. The Labute approximate surface area is 58.7 Å². The SMILES string of the molecule is COC(=O)[C@@]1(O)CCOC1. The van der Waals surface area contributed by atoms with Crippen LogP contribution in [-0.2, 0) is 14.3 Å². The van der Waals surface area contributed by atoms with Gasteiger partial charge in [0.15, 0.2) is 5.60 Å². The van der Waals surface area contributed by atoms with E-state index in [4.69, 9.17) is 4.74 Å². The van der Waals surface area contributed by atoms with Crippen LogP contribution in [-0.4, -0.2) is 37.0 Å². The normalized spacial score (nSPS) is 32.2. The van der Waals surface area contributed by atoms with Gasteiger partial charge in [0.05, 0.1) is 20.3 Å². The van der Waals surface area contributed by atoms with Crippen LogP contribution in [0.25, 0.3) is 0 Å². The van der Waals surface area contributed by atoms with Crippen LogP contribution in [0.3, 0.4) is 0 Å². The fourth-order valence-corrected chi connectivity index (χ4v) is 0.905. The highest BCUT2D eigenvalue weighted by Gasteiger charge is 2.41. The molecule has 0 aliphatic carbocycles. The molecule has 1 aliphatic heterocycles. The zero-order valence-corrected chi connectivity index (χ0v) is 5.79. The molecule has 0 radical (unpaired) electrons. The van der Waals surface area contributed by atoms with Crippen LogP contribution in [0, 0.1) is 0 Å².